The van der Waals surface area contributed by atoms with E-state index in [1.165, 1.54) is 40.4 Å². The smallest absolute Gasteiger partial charge is 0.109 e. The summed E-state index contributed by atoms with van der Waals surface area (Å²) in [6, 6.07) is 17.2. The first-order valence-electron chi connectivity index (χ1n) is 8.41. The number of benzene rings is 2. The van der Waals surface area contributed by atoms with Crippen LogP contribution >= 0.6 is 11.8 Å². The summed E-state index contributed by atoms with van der Waals surface area (Å²) >= 11 is 1.95. The summed E-state index contributed by atoms with van der Waals surface area (Å²) in [6.45, 7) is 5.41. The lowest BCUT2D eigenvalue weighted by molar-refractivity contribution is 0.622. The van der Waals surface area contributed by atoms with E-state index in [0.717, 1.165) is 18.5 Å². The Morgan fingerprint density at radius 2 is 1.87 bits per heavy atom. The quantitative estimate of drug-likeness (QED) is 0.423. The Balaban J connectivity index is 1.59. The minimum atomic E-state index is 0.993. The molecule has 0 fully saturated rings. The number of hydrogen-bond acceptors (Lipinski definition) is 2. The van der Waals surface area contributed by atoms with Gasteiger partial charge in [0.2, 0.25) is 0 Å². The van der Waals surface area contributed by atoms with Crippen LogP contribution in [0.4, 0.5) is 0 Å². The van der Waals surface area contributed by atoms with E-state index in [1.807, 2.05) is 11.8 Å². The average Bonchev–Trinajstić information content (AvgIpc) is 2.92. The van der Waals surface area contributed by atoms with Gasteiger partial charge < -0.3 is 4.57 Å². The van der Waals surface area contributed by atoms with Crippen molar-refractivity contribution in [2.75, 3.05) is 5.75 Å². The van der Waals surface area contributed by atoms with E-state index < -0.39 is 0 Å². The summed E-state index contributed by atoms with van der Waals surface area (Å²) in [5, 5.41) is 0. The molecule has 1 heterocycles. The van der Waals surface area contributed by atoms with E-state index in [2.05, 4.69) is 66.9 Å². The Hall–Kier alpha value is -1.74. The summed E-state index contributed by atoms with van der Waals surface area (Å²) in [6.07, 6.45) is 3.42. The molecule has 0 radical (unpaired) electrons. The second-order valence-electron chi connectivity index (χ2n) is 5.89. The molecule has 3 aromatic rings. The monoisotopic (exact) mass is 324 g/mol. The number of rotatable bonds is 7. The van der Waals surface area contributed by atoms with Gasteiger partial charge in [-0.15, -0.1) is 11.8 Å². The van der Waals surface area contributed by atoms with Crippen LogP contribution in [0.2, 0.25) is 0 Å². The molecule has 1 aromatic heterocycles. The zero-order valence-corrected chi connectivity index (χ0v) is 14.8. The van der Waals surface area contributed by atoms with E-state index in [-0.39, 0.29) is 0 Å². The van der Waals surface area contributed by atoms with Crippen LogP contribution in [0.1, 0.15) is 31.2 Å². The lowest BCUT2D eigenvalue weighted by Crippen LogP contribution is -2.03. The first kappa shape index (κ1) is 16.1. The molecule has 0 aliphatic carbocycles. The maximum atomic E-state index is 4.78. The highest BCUT2D eigenvalue weighted by Crippen LogP contribution is 2.21. The van der Waals surface area contributed by atoms with E-state index in [4.69, 9.17) is 4.98 Å². The van der Waals surface area contributed by atoms with Crippen LogP contribution in [-0.4, -0.2) is 15.3 Å². The van der Waals surface area contributed by atoms with Gasteiger partial charge in [0.1, 0.15) is 5.82 Å². The van der Waals surface area contributed by atoms with E-state index in [1.54, 1.807) is 0 Å². The first-order chi connectivity index (χ1) is 11.3. The molecular weight excluding hydrogens is 300 g/mol. The third-order valence-electron chi connectivity index (χ3n) is 4.09. The maximum Gasteiger partial charge on any atom is 0.109 e. The molecule has 0 saturated heterocycles. The van der Waals surface area contributed by atoms with Crippen LogP contribution < -0.4 is 0 Å². The largest absolute Gasteiger partial charge is 0.328 e. The topological polar surface area (TPSA) is 17.8 Å². The summed E-state index contributed by atoms with van der Waals surface area (Å²) in [4.78, 5) is 6.14. The maximum absolute atomic E-state index is 4.78. The van der Waals surface area contributed by atoms with Crippen molar-refractivity contribution in [2.24, 2.45) is 0 Å². The fraction of sp³-hybridized carbons (Fsp3) is 0.350. The Morgan fingerprint density at radius 3 is 2.65 bits per heavy atom. The van der Waals surface area contributed by atoms with Crippen molar-refractivity contribution in [1.29, 1.82) is 0 Å². The van der Waals surface area contributed by atoms with Crippen LogP contribution in [-0.2, 0) is 13.0 Å². The second kappa shape index (κ2) is 7.69. The normalized spacial score (nSPS) is 11.2. The van der Waals surface area contributed by atoms with Gasteiger partial charge in [-0.3, -0.25) is 0 Å². The van der Waals surface area contributed by atoms with Gasteiger partial charge in [-0.1, -0.05) is 31.2 Å². The van der Waals surface area contributed by atoms with Crippen molar-refractivity contribution >= 4 is 22.8 Å². The van der Waals surface area contributed by atoms with Gasteiger partial charge in [0.05, 0.1) is 11.0 Å². The van der Waals surface area contributed by atoms with Crippen molar-refractivity contribution < 1.29 is 0 Å². The van der Waals surface area contributed by atoms with Crippen LogP contribution in [0.3, 0.4) is 0 Å². The first-order valence-corrected chi connectivity index (χ1v) is 9.40. The van der Waals surface area contributed by atoms with Crippen LogP contribution in [0.25, 0.3) is 11.0 Å². The van der Waals surface area contributed by atoms with E-state index in [9.17, 15) is 0 Å². The third kappa shape index (κ3) is 3.97. The molecule has 3 rings (SSSR count). The minimum absolute atomic E-state index is 0.993. The van der Waals surface area contributed by atoms with Gasteiger partial charge in [-0.2, -0.15) is 0 Å². The summed E-state index contributed by atoms with van der Waals surface area (Å²) < 4.78 is 2.41. The molecule has 0 amide bonds. The molecule has 0 aliphatic heterocycles. The summed E-state index contributed by atoms with van der Waals surface area (Å²) in [5.74, 6) is 2.39. The molecule has 0 spiro atoms. The standard InChI is InChI=1S/C20H24N2S/c1-3-20-21-18-12-11-16(2)15-19(18)22(20)13-7-8-14-23-17-9-5-4-6-10-17/h4-6,9-12,15H,3,7-8,13-14H2,1-2H3. The lowest BCUT2D eigenvalue weighted by Gasteiger charge is -2.08. The number of imidazole rings is 1. The van der Waals surface area contributed by atoms with Crippen molar-refractivity contribution in [3.63, 3.8) is 0 Å². The molecule has 0 aliphatic rings. The van der Waals surface area contributed by atoms with E-state index >= 15 is 0 Å². The number of aromatic nitrogens is 2. The van der Waals surface area contributed by atoms with Crippen molar-refractivity contribution in [1.82, 2.24) is 9.55 Å². The van der Waals surface area contributed by atoms with Crippen molar-refractivity contribution in [2.45, 2.75) is 44.6 Å². The Morgan fingerprint density at radius 1 is 1.04 bits per heavy atom. The molecule has 0 unspecified atom stereocenters. The highest BCUT2D eigenvalue weighted by Gasteiger charge is 2.09. The average molecular weight is 324 g/mol. The molecular formula is C20H24N2S. The number of unbranched alkanes of at least 4 members (excludes halogenated alkanes) is 1. The SMILES string of the molecule is CCc1nc2ccc(C)cc2n1CCCCSc1ccccc1. The number of nitrogens with zero attached hydrogens (tertiary/aromatic N) is 2. The van der Waals surface area contributed by atoms with Crippen molar-refractivity contribution in [3.8, 4) is 0 Å². The van der Waals surface area contributed by atoms with Gasteiger partial charge >= 0.3 is 0 Å². The summed E-state index contributed by atoms with van der Waals surface area (Å²) in [7, 11) is 0. The van der Waals surface area contributed by atoms with Crippen LogP contribution in [0.15, 0.2) is 53.4 Å². The van der Waals surface area contributed by atoms with Crippen molar-refractivity contribution in [3.05, 3.63) is 59.9 Å². The predicted molar refractivity (Wildman–Crippen MR) is 100 cm³/mol. The Bertz CT molecular complexity index is 762. The number of aryl methyl sites for hydroxylation is 3. The zero-order valence-electron chi connectivity index (χ0n) is 14.0. The summed E-state index contributed by atoms with van der Waals surface area (Å²) in [5.41, 5.74) is 3.73. The van der Waals surface area contributed by atoms with Gasteiger partial charge in [-0.05, 0) is 55.3 Å². The molecule has 120 valence electrons. The molecule has 0 bridgehead atoms. The number of fused-ring (bicyclic) bond motifs is 1. The molecule has 23 heavy (non-hydrogen) atoms. The van der Waals surface area contributed by atoms with Gasteiger partial charge in [0.25, 0.3) is 0 Å². The van der Waals surface area contributed by atoms with E-state index in [0.29, 0.717) is 0 Å². The zero-order chi connectivity index (χ0) is 16.1. The third-order valence-corrected chi connectivity index (χ3v) is 5.19. The van der Waals surface area contributed by atoms with Gasteiger partial charge in [0, 0.05) is 17.9 Å². The highest BCUT2D eigenvalue weighted by atomic mass is 32.2. The Kier molecular flexibility index (Phi) is 5.39. The number of thioether (sulfide) groups is 1. The van der Waals surface area contributed by atoms with Crippen LogP contribution in [0, 0.1) is 6.92 Å². The van der Waals surface area contributed by atoms with Gasteiger partial charge in [-0.25, -0.2) is 4.98 Å². The lowest BCUT2D eigenvalue weighted by atomic mass is 10.2. The second-order valence-corrected chi connectivity index (χ2v) is 7.06. The Labute approximate surface area is 142 Å². The molecule has 0 atom stereocenters. The van der Waals surface area contributed by atoms with Crippen LogP contribution in [0.5, 0.6) is 0 Å². The molecule has 2 aromatic carbocycles. The minimum Gasteiger partial charge on any atom is -0.328 e. The fourth-order valence-corrected chi connectivity index (χ4v) is 3.81. The molecule has 0 saturated carbocycles. The fourth-order valence-electron chi connectivity index (χ4n) is 2.88. The predicted octanol–water partition coefficient (Wildman–Crippen LogP) is 5.48. The highest BCUT2D eigenvalue weighted by molar-refractivity contribution is 7.99. The number of hydrogen-bond donors (Lipinski definition) is 0. The molecule has 2 nitrogen and oxygen atoms in total. The molecule has 0 N–H and O–H groups in total. The van der Waals surface area contributed by atoms with Gasteiger partial charge in [0.15, 0.2) is 0 Å². The molecule has 3 heteroatoms.